The van der Waals surface area contributed by atoms with Crippen LogP contribution in [-0.2, 0) is 0 Å². The van der Waals surface area contributed by atoms with E-state index in [0.29, 0.717) is 23.7 Å². The summed E-state index contributed by atoms with van der Waals surface area (Å²) < 4.78 is 16.3. The van der Waals surface area contributed by atoms with Gasteiger partial charge >= 0.3 is 0 Å². The number of rotatable bonds is 2. The van der Waals surface area contributed by atoms with Gasteiger partial charge in [0.05, 0.1) is 18.2 Å². The zero-order chi connectivity index (χ0) is 14.9. The van der Waals surface area contributed by atoms with Crippen molar-refractivity contribution in [3.05, 3.63) is 53.6 Å². The van der Waals surface area contributed by atoms with Gasteiger partial charge in [-0.3, -0.25) is 4.79 Å². The average Bonchev–Trinajstić information content (AvgIpc) is 3.03. The Morgan fingerprint density at radius 3 is 2.82 bits per heavy atom. The lowest BCUT2D eigenvalue weighted by atomic mass is 10.00. The van der Waals surface area contributed by atoms with Gasteiger partial charge < -0.3 is 19.5 Å². The lowest BCUT2D eigenvalue weighted by Crippen LogP contribution is -2.32. The molecule has 4 rings (SSSR count). The molecule has 2 aliphatic rings. The third-order valence-electron chi connectivity index (χ3n) is 3.91. The van der Waals surface area contributed by atoms with Crippen molar-refractivity contribution in [2.24, 2.45) is 0 Å². The fourth-order valence-corrected chi connectivity index (χ4v) is 2.84. The van der Waals surface area contributed by atoms with E-state index < -0.39 is 0 Å². The van der Waals surface area contributed by atoms with Crippen molar-refractivity contribution in [2.45, 2.75) is 12.5 Å². The van der Waals surface area contributed by atoms with Crippen LogP contribution in [0.2, 0.25) is 0 Å². The third kappa shape index (κ3) is 2.15. The van der Waals surface area contributed by atoms with E-state index in [0.717, 1.165) is 17.7 Å². The summed E-state index contributed by atoms with van der Waals surface area (Å²) in [5.41, 5.74) is 1.51. The number of fused-ring (bicyclic) bond motifs is 2. The zero-order valence-corrected chi connectivity index (χ0v) is 11.9. The van der Waals surface area contributed by atoms with Gasteiger partial charge in [0.15, 0.2) is 11.5 Å². The van der Waals surface area contributed by atoms with Crippen LogP contribution in [0.15, 0.2) is 42.5 Å². The molecule has 5 nitrogen and oxygen atoms in total. The summed E-state index contributed by atoms with van der Waals surface area (Å²) in [5, 5.41) is 3.07. The maximum Gasteiger partial charge on any atom is 0.255 e. The second-order valence-electron chi connectivity index (χ2n) is 5.24. The van der Waals surface area contributed by atoms with E-state index >= 15 is 0 Å². The highest BCUT2D eigenvalue weighted by Crippen LogP contribution is 2.36. The predicted molar refractivity (Wildman–Crippen MR) is 79.3 cm³/mol. The van der Waals surface area contributed by atoms with E-state index in [1.54, 1.807) is 18.2 Å². The van der Waals surface area contributed by atoms with Crippen LogP contribution in [0, 0.1) is 0 Å². The van der Waals surface area contributed by atoms with Crippen LogP contribution >= 0.6 is 0 Å². The van der Waals surface area contributed by atoms with Gasteiger partial charge in [0, 0.05) is 12.0 Å². The van der Waals surface area contributed by atoms with E-state index in [4.69, 9.17) is 14.2 Å². The first-order chi connectivity index (χ1) is 10.8. The van der Waals surface area contributed by atoms with Crippen molar-refractivity contribution in [1.82, 2.24) is 5.32 Å². The largest absolute Gasteiger partial charge is 0.493 e. The van der Waals surface area contributed by atoms with E-state index in [-0.39, 0.29) is 18.7 Å². The number of carbonyl (C=O) groups excluding carboxylic acids is 1. The van der Waals surface area contributed by atoms with E-state index in [1.165, 1.54) is 0 Å². The molecule has 2 aromatic rings. The molecule has 1 amide bonds. The van der Waals surface area contributed by atoms with Gasteiger partial charge in [0.1, 0.15) is 5.75 Å². The summed E-state index contributed by atoms with van der Waals surface area (Å²) in [6.07, 6.45) is 0.745. The van der Waals surface area contributed by atoms with Gasteiger partial charge in [0.2, 0.25) is 6.79 Å². The number of carbonyl (C=O) groups is 1. The second-order valence-corrected chi connectivity index (χ2v) is 5.24. The summed E-state index contributed by atoms with van der Waals surface area (Å²) in [7, 11) is 0. The normalized spacial score (nSPS) is 18.3. The Morgan fingerprint density at radius 1 is 1.00 bits per heavy atom. The quantitative estimate of drug-likeness (QED) is 0.926. The molecular weight excluding hydrogens is 282 g/mol. The Hall–Kier alpha value is -2.69. The second kappa shape index (κ2) is 5.26. The molecule has 0 bridgehead atoms. The highest BCUT2D eigenvalue weighted by atomic mass is 16.7. The molecule has 1 N–H and O–H groups in total. The number of ether oxygens (including phenoxy) is 3. The summed E-state index contributed by atoms with van der Waals surface area (Å²) in [6.45, 7) is 0.744. The Labute approximate surface area is 127 Å². The molecular formula is C17H15NO4. The fraction of sp³-hybridized carbons (Fsp3) is 0.235. The molecule has 5 heteroatoms. The molecule has 0 unspecified atom stereocenters. The van der Waals surface area contributed by atoms with E-state index in [2.05, 4.69) is 5.32 Å². The molecule has 0 spiro atoms. The predicted octanol–water partition coefficient (Wildman–Crippen LogP) is 2.67. The monoisotopic (exact) mass is 297 g/mol. The molecule has 0 saturated heterocycles. The van der Waals surface area contributed by atoms with Gasteiger partial charge in [-0.05, 0) is 18.2 Å². The number of hydrogen-bond donors (Lipinski definition) is 1. The minimum absolute atomic E-state index is 0.0596. The van der Waals surface area contributed by atoms with Crippen molar-refractivity contribution in [1.29, 1.82) is 0 Å². The number of amides is 1. The number of benzene rings is 2. The molecule has 22 heavy (non-hydrogen) atoms. The van der Waals surface area contributed by atoms with Crippen LogP contribution in [0.1, 0.15) is 28.4 Å². The zero-order valence-electron chi connectivity index (χ0n) is 11.9. The first-order valence-electron chi connectivity index (χ1n) is 7.24. The first-order valence-corrected chi connectivity index (χ1v) is 7.24. The van der Waals surface area contributed by atoms with Gasteiger partial charge in [-0.1, -0.05) is 24.3 Å². The van der Waals surface area contributed by atoms with Crippen molar-refractivity contribution >= 4 is 5.91 Å². The molecule has 112 valence electrons. The standard InChI is InChI=1S/C17H15NO4/c19-17(12-5-3-7-15-16(12)22-10-21-15)18-13-8-9-20-14-6-2-1-4-11(13)14/h1-7,13H,8-10H2,(H,18,19)/t13-/m0/s1. The molecule has 2 aromatic carbocycles. The van der Waals surface area contributed by atoms with Crippen LogP contribution in [0.4, 0.5) is 0 Å². The Morgan fingerprint density at radius 2 is 1.86 bits per heavy atom. The minimum atomic E-state index is -0.163. The van der Waals surface area contributed by atoms with Crippen LogP contribution in [0.5, 0.6) is 17.2 Å². The van der Waals surface area contributed by atoms with Crippen molar-refractivity contribution in [3.8, 4) is 17.2 Å². The lowest BCUT2D eigenvalue weighted by Gasteiger charge is -2.26. The summed E-state index contributed by atoms with van der Waals surface area (Å²) >= 11 is 0. The molecule has 1 atom stereocenters. The minimum Gasteiger partial charge on any atom is -0.493 e. The maximum absolute atomic E-state index is 12.6. The topological polar surface area (TPSA) is 56.8 Å². The van der Waals surface area contributed by atoms with E-state index in [9.17, 15) is 4.79 Å². The smallest absolute Gasteiger partial charge is 0.255 e. The van der Waals surface area contributed by atoms with E-state index in [1.807, 2.05) is 24.3 Å². The lowest BCUT2D eigenvalue weighted by molar-refractivity contribution is 0.0920. The fourth-order valence-electron chi connectivity index (χ4n) is 2.84. The highest BCUT2D eigenvalue weighted by Gasteiger charge is 2.26. The summed E-state index contributed by atoms with van der Waals surface area (Å²) in [4.78, 5) is 12.6. The van der Waals surface area contributed by atoms with Crippen molar-refractivity contribution in [2.75, 3.05) is 13.4 Å². The van der Waals surface area contributed by atoms with Gasteiger partial charge in [-0.25, -0.2) is 0 Å². The molecule has 0 aliphatic carbocycles. The number of hydrogen-bond acceptors (Lipinski definition) is 4. The van der Waals surface area contributed by atoms with Crippen LogP contribution in [-0.4, -0.2) is 19.3 Å². The maximum atomic E-state index is 12.6. The van der Waals surface area contributed by atoms with Crippen LogP contribution < -0.4 is 19.5 Å². The Balaban J connectivity index is 1.60. The molecule has 2 aliphatic heterocycles. The highest BCUT2D eigenvalue weighted by molar-refractivity contribution is 5.98. The molecule has 0 fully saturated rings. The Bertz CT molecular complexity index is 728. The van der Waals surface area contributed by atoms with Gasteiger partial charge in [-0.2, -0.15) is 0 Å². The third-order valence-corrected chi connectivity index (χ3v) is 3.91. The average molecular weight is 297 g/mol. The number of para-hydroxylation sites is 2. The van der Waals surface area contributed by atoms with Gasteiger partial charge in [0.25, 0.3) is 5.91 Å². The van der Waals surface area contributed by atoms with Gasteiger partial charge in [-0.15, -0.1) is 0 Å². The van der Waals surface area contributed by atoms with Crippen molar-refractivity contribution in [3.63, 3.8) is 0 Å². The van der Waals surface area contributed by atoms with Crippen LogP contribution in [0.25, 0.3) is 0 Å². The Kier molecular flexibility index (Phi) is 3.11. The molecule has 0 aromatic heterocycles. The SMILES string of the molecule is O=C(N[C@H]1CCOc2ccccc21)c1cccc2c1OCO2. The number of nitrogens with one attached hydrogen (secondary N) is 1. The first kappa shape index (κ1) is 13.0. The summed E-state index contributed by atoms with van der Waals surface area (Å²) in [6, 6.07) is 13.1. The molecule has 0 radical (unpaired) electrons. The molecule has 0 saturated carbocycles. The van der Waals surface area contributed by atoms with Crippen LogP contribution in [0.3, 0.4) is 0 Å². The summed E-state index contributed by atoms with van der Waals surface area (Å²) in [5.74, 6) is 1.79. The molecule has 2 heterocycles. The van der Waals surface area contributed by atoms with Crippen molar-refractivity contribution < 1.29 is 19.0 Å².